The fraction of sp³-hybridized carbons (Fsp3) is 0.424. The Labute approximate surface area is 249 Å². The van der Waals surface area contributed by atoms with Crippen LogP contribution in [0.5, 0.6) is 0 Å². The van der Waals surface area contributed by atoms with Crippen LogP contribution in [-0.4, -0.2) is 92.4 Å². The number of carbonyl (C=O) groups excluding carboxylic acids is 3. The van der Waals surface area contributed by atoms with E-state index >= 15 is 0 Å². The van der Waals surface area contributed by atoms with Crippen LogP contribution >= 0.6 is 0 Å². The molecule has 3 amide bonds. The highest BCUT2D eigenvalue weighted by Crippen LogP contribution is 2.46. The highest BCUT2D eigenvalue weighted by molar-refractivity contribution is 6.00. The number of amides is 3. The Morgan fingerprint density at radius 3 is 2.79 bits per heavy atom. The van der Waals surface area contributed by atoms with Crippen molar-refractivity contribution in [3.63, 3.8) is 0 Å². The van der Waals surface area contributed by atoms with Crippen LogP contribution in [0.3, 0.4) is 0 Å². The summed E-state index contributed by atoms with van der Waals surface area (Å²) in [4.78, 5) is 50.2. The maximum absolute atomic E-state index is 14.2. The van der Waals surface area contributed by atoms with Gasteiger partial charge >= 0.3 is 0 Å². The number of benzene rings is 2. The van der Waals surface area contributed by atoms with E-state index in [0.717, 1.165) is 28.6 Å². The number of hydrogen-bond acceptors (Lipinski definition) is 6. The number of carbonyl (C=O) groups is 3. The summed E-state index contributed by atoms with van der Waals surface area (Å²) in [5.74, 6) is -3.77. The topological polar surface area (TPSA) is 118 Å². The van der Waals surface area contributed by atoms with E-state index in [1.807, 2.05) is 49.5 Å². The van der Waals surface area contributed by atoms with Crippen LogP contribution in [0.1, 0.15) is 36.5 Å². The molecule has 3 fully saturated rings. The number of H-pyrrole nitrogens is 1. The average Bonchev–Trinajstić information content (AvgIpc) is 3.70. The van der Waals surface area contributed by atoms with E-state index in [1.54, 1.807) is 4.90 Å². The van der Waals surface area contributed by atoms with Gasteiger partial charge in [0.05, 0.1) is 5.92 Å². The number of nitrogens with zero attached hydrogens (tertiary/aromatic N) is 3. The second-order valence-corrected chi connectivity index (χ2v) is 12.8. The van der Waals surface area contributed by atoms with Crippen LogP contribution in [0, 0.1) is 5.92 Å². The van der Waals surface area contributed by atoms with Gasteiger partial charge in [0.2, 0.25) is 17.5 Å². The van der Waals surface area contributed by atoms with Crippen molar-refractivity contribution in [2.75, 3.05) is 20.1 Å². The number of piperazine rings is 1. The van der Waals surface area contributed by atoms with Gasteiger partial charge in [0.15, 0.2) is 0 Å². The molecule has 1 aromatic heterocycles. The molecule has 0 unspecified atom stereocenters. The lowest BCUT2D eigenvalue weighted by Crippen LogP contribution is -2.71. The maximum Gasteiger partial charge on any atom is 0.280 e. The lowest BCUT2D eigenvalue weighted by Gasteiger charge is -2.48. The van der Waals surface area contributed by atoms with Gasteiger partial charge in [0, 0.05) is 42.7 Å². The van der Waals surface area contributed by atoms with Gasteiger partial charge in [-0.1, -0.05) is 48.5 Å². The summed E-state index contributed by atoms with van der Waals surface area (Å²) in [6, 6.07) is 14.1. The van der Waals surface area contributed by atoms with E-state index in [-0.39, 0.29) is 24.3 Å². The average molecular weight is 582 g/mol. The zero-order valence-electron chi connectivity index (χ0n) is 24.2. The number of aromatic amines is 1. The first-order valence-electron chi connectivity index (χ1n) is 15.1. The number of ether oxygens (including phenoxy) is 1. The fourth-order valence-electron chi connectivity index (χ4n) is 8.12. The Hall–Kier alpha value is -3.99. The van der Waals surface area contributed by atoms with E-state index in [2.05, 4.69) is 33.5 Å². The van der Waals surface area contributed by atoms with Crippen molar-refractivity contribution in [2.24, 2.45) is 5.92 Å². The third-order valence-electron chi connectivity index (χ3n) is 10.1. The molecule has 8 rings (SSSR count). The quantitative estimate of drug-likeness (QED) is 0.434. The molecule has 0 radical (unpaired) electrons. The summed E-state index contributed by atoms with van der Waals surface area (Å²) in [6.45, 7) is 2.45. The first-order chi connectivity index (χ1) is 20.7. The molecule has 3 aromatic rings. The van der Waals surface area contributed by atoms with Crippen molar-refractivity contribution < 1.29 is 24.2 Å². The molecule has 10 nitrogen and oxygen atoms in total. The van der Waals surface area contributed by atoms with Gasteiger partial charge in [-0.3, -0.25) is 28.9 Å². The summed E-state index contributed by atoms with van der Waals surface area (Å²) in [6.07, 6.45) is 6.38. The standard InChI is InChI=1S/C33H35N5O5/c1-32(35-29(39)21-15-23-22-10-6-11-24-28(22)20(17-34-24)16-25(23)36(2)18-21)31(41)38-26(14-19-8-4-3-5-9-19)30(40)37-13-7-12-27(37)33(38,42)43-32/h3-6,8-11,15,17,21,25-27,34,42H,7,12-14,16,18H2,1-2H3,(H,35,39)/t21-,25+,26+,27+,32-,33+/m1/s1. The van der Waals surface area contributed by atoms with E-state index < -0.39 is 35.5 Å². The SMILES string of the molecule is CN1C[C@H](C(=O)N[C@]2(C)O[C@@]3(O)[C@@H]4CCCN4C(=O)[C@H](Cc4ccccc4)N3C2=O)C=C2c3cccc4[nH]cc(c34)C[C@@H]21. The van der Waals surface area contributed by atoms with Gasteiger partial charge in [0.1, 0.15) is 12.1 Å². The molecule has 5 aliphatic rings. The lowest BCUT2D eigenvalue weighted by molar-refractivity contribution is -0.315. The summed E-state index contributed by atoms with van der Waals surface area (Å²) in [7, 11) is 2.02. The van der Waals surface area contributed by atoms with Crippen LogP contribution in [0.4, 0.5) is 0 Å². The van der Waals surface area contributed by atoms with Gasteiger partial charge in [-0.2, -0.15) is 0 Å². The summed E-state index contributed by atoms with van der Waals surface area (Å²) >= 11 is 0. The molecule has 2 aromatic carbocycles. The van der Waals surface area contributed by atoms with Crippen molar-refractivity contribution in [3.05, 3.63) is 77.5 Å². The molecule has 5 heterocycles. The first kappa shape index (κ1) is 26.6. The molecule has 1 aliphatic carbocycles. The van der Waals surface area contributed by atoms with Crippen molar-refractivity contribution in [1.82, 2.24) is 25.0 Å². The maximum atomic E-state index is 14.2. The third kappa shape index (κ3) is 3.79. The number of aliphatic hydroxyl groups is 1. The molecule has 3 saturated heterocycles. The predicted molar refractivity (Wildman–Crippen MR) is 158 cm³/mol. The van der Waals surface area contributed by atoms with Crippen LogP contribution < -0.4 is 5.32 Å². The molecule has 0 spiro atoms. The first-order valence-corrected chi connectivity index (χ1v) is 15.1. The predicted octanol–water partition coefficient (Wildman–Crippen LogP) is 1.99. The Morgan fingerprint density at radius 2 is 1.98 bits per heavy atom. The van der Waals surface area contributed by atoms with Gasteiger partial charge in [-0.25, -0.2) is 0 Å². The number of hydrogen-bond donors (Lipinski definition) is 3. The molecule has 43 heavy (non-hydrogen) atoms. The molecular formula is C33H35N5O5. The normalized spacial score (nSPS) is 33.3. The largest absolute Gasteiger partial charge is 0.361 e. The highest BCUT2D eigenvalue weighted by atomic mass is 16.7. The van der Waals surface area contributed by atoms with Crippen LogP contribution in [0.15, 0.2) is 60.8 Å². The highest BCUT2D eigenvalue weighted by Gasteiger charge is 2.70. The third-order valence-corrected chi connectivity index (χ3v) is 10.1. The monoisotopic (exact) mass is 581 g/mol. The van der Waals surface area contributed by atoms with Crippen molar-refractivity contribution in [1.29, 1.82) is 0 Å². The second kappa shape index (κ2) is 9.25. The number of fused-ring (bicyclic) bond motifs is 5. The smallest absolute Gasteiger partial charge is 0.280 e. The van der Waals surface area contributed by atoms with Crippen molar-refractivity contribution in [3.8, 4) is 0 Å². The minimum atomic E-state index is -2.04. The zero-order chi connectivity index (χ0) is 29.7. The van der Waals surface area contributed by atoms with Crippen LogP contribution in [-0.2, 0) is 32.0 Å². The Bertz CT molecular complexity index is 1700. The summed E-state index contributed by atoms with van der Waals surface area (Å²) < 4.78 is 6.23. The van der Waals surface area contributed by atoms with Gasteiger partial charge in [0.25, 0.3) is 11.8 Å². The molecule has 3 N–H and O–H groups in total. The molecule has 6 atom stereocenters. The zero-order valence-corrected chi connectivity index (χ0v) is 24.2. The Balaban J connectivity index is 1.11. The Kier molecular flexibility index (Phi) is 5.73. The molecule has 222 valence electrons. The minimum absolute atomic E-state index is 0.144. The van der Waals surface area contributed by atoms with Gasteiger partial charge in [-0.15, -0.1) is 0 Å². The van der Waals surface area contributed by atoms with Crippen molar-refractivity contribution >= 4 is 34.2 Å². The number of aromatic nitrogens is 1. The minimum Gasteiger partial charge on any atom is -0.361 e. The fourth-order valence-corrected chi connectivity index (χ4v) is 8.12. The summed E-state index contributed by atoms with van der Waals surface area (Å²) in [5, 5.41) is 16.1. The Morgan fingerprint density at radius 1 is 1.16 bits per heavy atom. The van der Waals surface area contributed by atoms with E-state index in [4.69, 9.17) is 4.74 Å². The van der Waals surface area contributed by atoms with E-state index in [0.29, 0.717) is 25.9 Å². The van der Waals surface area contributed by atoms with Crippen molar-refractivity contribution in [2.45, 2.75) is 62.4 Å². The number of likely N-dealkylation sites (N-methyl/N-ethyl adjacent to an activating group) is 1. The van der Waals surface area contributed by atoms with Gasteiger partial charge in [-0.05, 0) is 61.6 Å². The van der Waals surface area contributed by atoms with Gasteiger partial charge < -0.3 is 20.3 Å². The van der Waals surface area contributed by atoms with E-state index in [9.17, 15) is 19.5 Å². The number of nitrogens with one attached hydrogen (secondary N) is 2. The van der Waals surface area contributed by atoms with Crippen LogP contribution in [0.2, 0.25) is 0 Å². The molecule has 4 aliphatic heterocycles. The van der Waals surface area contributed by atoms with E-state index in [1.165, 1.54) is 22.8 Å². The molecular weight excluding hydrogens is 546 g/mol. The molecule has 0 saturated carbocycles. The van der Waals surface area contributed by atoms with Crippen LogP contribution in [0.25, 0.3) is 16.5 Å². The molecule has 10 heteroatoms. The molecule has 0 bridgehead atoms. The lowest BCUT2D eigenvalue weighted by atomic mass is 9.79. The second-order valence-electron chi connectivity index (χ2n) is 12.8. The summed E-state index contributed by atoms with van der Waals surface area (Å²) in [5.41, 5.74) is 3.58. The number of rotatable bonds is 4.